The average Bonchev–Trinajstić information content (AvgIpc) is 2.48. The van der Waals surface area contributed by atoms with Gasteiger partial charge < -0.3 is 15.2 Å². The second-order valence-corrected chi connectivity index (χ2v) is 4.38. The number of phenolic OH excluding ortho intramolecular Hbond substituents is 1. The van der Waals surface area contributed by atoms with Gasteiger partial charge in [-0.2, -0.15) is 0 Å². The molecule has 0 radical (unpaired) electrons. The first-order valence-electron chi connectivity index (χ1n) is 6.48. The van der Waals surface area contributed by atoms with E-state index >= 15 is 0 Å². The van der Waals surface area contributed by atoms with Crippen LogP contribution in [0.5, 0.6) is 11.5 Å². The van der Waals surface area contributed by atoms with Crippen LogP contribution >= 0.6 is 0 Å². The largest absolute Gasteiger partial charge is 0.508 e. The summed E-state index contributed by atoms with van der Waals surface area (Å²) in [4.78, 5) is 11.7. The highest BCUT2D eigenvalue weighted by Gasteiger charge is 2.04. The van der Waals surface area contributed by atoms with Crippen LogP contribution in [-0.4, -0.2) is 17.6 Å². The highest BCUT2D eigenvalue weighted by Crippen LogP contribution is 2.15. The predicted octanol–water partition coefficient (Wildman–Crippen LogP) is 2.97. The highest BCUT2D eigenvalue weighted by molar-refractivity contribution is 5.91. The van der Waals surface area contributed by atoms with Gasteiger partial charge in [0.15, 0.2) is 6.61 Å². The number of rotatable bonds is 5. The molecule has 0 saturated carbocycles. The second-order valence-electron chi connectivity index (χ2n) is 4.38. The summed E-state index contributed by atoms with van der Waals surface area (Å²) >= 11 is 0. The Labute approximate surface area is 118 Å². The third-order valence-electron chi connectivity index (χ3n) is 2.83. The zero-order chi connectivity index (χ0) is 14.4. The third-order valence-corrected chi connectivity index (χ3v) is 2.83. The van der Waals surface area contributed by atoms with E-state index in [2.05, 4.69) is 12.2 Å². The van der Waals surface area contributed by atoms with E-state index in [1.54, 1.807) is 12.1 Å². The maximum absolute atomic E-state index is 11.7. The van der Waals surface area contributed by atoms with E-state index in [-0.39, 0.29) is 18.3 Å². The van der Waals surface area contributed by atoms with Crippen molar-refractivity contribution in [3.63, 3.8) is 0 Å². The number of aromatic hydroxyl groups is 1. The number of carbonyl (C=O) groups excluding carboxylic acids is 1. The summed E-state index contributed by atoms with van der Waals surface area (Å²) in [7, 11) is 0. The van der Waals surface area contributed by atoms with Gasteiger partial charge in [0.25, 0.3) is 5.91 Å². The molecule has 0 aliphatic heterocycles. The minimum absolute atomic E-state index is 0.0476. The summed E-state index contributed by atoms with van der Waals surface area (Å²) < 4.78 is 5.44. The van der Waals surface area contributed by atoms with Gasteiger partial charge in [0.05, 0.1) is 0 Å². The molecule has 104 valence electrons. The van der Waals surface area contributed by atoms with Crippen LogP contribution in [0.2, 0.25) is 0 Å². The van der Waals surface area contributed by atoms with Crippen molar-refractivity contribution in [3.05, 3.63) is 54.1 Å². The molecule has 0 unspecified atom stereocenters. The summed E-state index contributed by atoms with van der Waals surface area (Å²) in [6.45, 7) is 2.02. The quantitative estimate of drug-likeness (QED) is 0.822. The molecule has 2 rings (SSSR count). The average molecular weight is 271 g/mol. The highest BCUT2D eigenvalue weighted by atomic mass is 16.5. The van der Waals surface area contributed by atoms with E-state index in [1.807, 2.05) is 24.3 Å². The predicted molar refractivity (Wildman–Crippen MR) is 78.1 cm³/mol. The molecule has 0 heterocycles. The lowest BCUT2D eigenvalue weighted by Crippen LogP contribution is -2.20. The monoisotopic (exact) mass is 271 g/mol. The van der Waals surface area contributed by atoms with Gasteiger partial charge in [-0.15, -0.1) is 0 Å². The molecule has 0 fully saturated rings. The lowest BCUT2D eigenvalue weighted by molar-refractivity contribution is -0.118. The molecular formula is C16H17NO3. The topological polar surface area (TPSA) is 58.6 Å². The van der Waals surface area contributed by atoms with Crippen LogP contribution in [0.15, 0.2) is 48.5 Å². The van der Waals surface area contributed by atoms with E-state index in [9.17, 15) is 4.79 Å². The van der Waals surface area contributed by atoms with Gasteiger partial charge in [0.1, 0.15) is 11.5 Å². The fourth-order valence-corrected chi connectivity index (χ4v) is 1.75. The Morgan fingerprint density at radius 1 is 1.20 bits per heavy atom. The summed E-state index contributed by atoms with van der Waals surface area (Å²) in [5.41, 5.74) is 1.79. The van der Waals surface area contributed by atoms with Crippen molar-refractivity contribution in [2.75, 3.05) is 11.9 Å². The summed E-state index contributed by atoms with van der Waals surface area (Å²) in [5.74, 6) is 0.610. The smallest absolute Gasteiger partial charge is 0.262 e. The number of benzene rings is 2. The molecule has 0 aromatic heterocycles. The Morgan fingerprint density at radius 2 is 1.95 bits per heavy atom. The first-order valence-corrected chi connectivity index (χ1v) is 6.48. The number of phenols is 1. The zero-order valence-corrected chi connectivity index (χ0v) is 11.3. The second kappa shape index (κ2) is 6.61. The Morgan fingerprint density at radius 3 is 2.65 bits per heavy atom. The van der Waals surface area contributed by atoms with Crippen LogP contribution in [0.4, 0.5) is 5.69 Å². The molecular weight excluding hydrogens is 254 g/mol. The Balaban J connectivity index is 1.87. The van der Waals surface area contributed by atoms with Gasteiger partial charge in [-0.3, -0.25) is 4.79 Å². The normalized spacial score (nSPS) is 10.1. The molecule has 4 nitrogen and oxygen atoms in total. The van der Waals surface area contributed by atoms with E-state index in [1.165, 1.54) is 17.7 Å². The maximum Gasteiger partial charge on any atom is 0.262 e. The van der Waals surface area contributed by atoms with E-state index in [0.29, 0.717) is 11.4 Å². The van der Waals surface area contributed by atoms with Crippen LogP contribution in [0, 0.1) is 0 Å². The van der Waals surface area contributed by atoms with Crippen LogP contribution in [0.3, 0.4) is 0 Å². The Kier molecular flexibility index (Phi) is 4.60. The molecule has 0 aliphatic carbocycles. The van der Waals surface area contributed by atoms with Crippen LogP contribution < -0.4 is 10.1 Å². The number of nitrogens with one attached hydrogen (secondary N) is 1. The lowest BCUT2D eigenvalue weighted by atomic mass is 10.2. The minimum atomic E-state index is -0.238. The van der Waals surface area contributed by atoms with Crippen molar-refractivity contribution in [2.24, 2.45) is 0 Å². The molecule has 0 saturated heterocycles. The minimum Gasteiger partial charge on any atom is -0.508 e. The van der Waals surface area contributed by atoms with Crippen molar-refractivity contribution in [1.82, 2.24) is 0 Å². The third kappa shape index (κ3) is 4.02. The van der Waals surface area contributed by atoms with Gasteiger partial charge in [-0.05, 0) is 48.4 Å². The number of hydrogen-bond acceptors (Lipinski definition) is 3. The van der Waals surface area contributed by atoms with Gasteiger partial charge in [-0.25, -0.2) is 0 Å². The van der Waals surface area contributed by atoms with Crippen molar-refractivity contribution in [3.8, 4) is 11.5 Å². The number of hydrogen-bond donors (Lipinski definition) is 2. The first kappa shape index (κ1) is 13.9. The molecule has 2 aromatic carbocycles. The van der Waals surface area contributed by atoms with Gasteiger partial charge >= 0.3 is 0 Å². The molecule has 1 amide bonds. The maximum atomic E-state index is 11.7. The van der Waals surface area contributed by atoms with E-state index < -0.39 is 0 Å². The SMILES string of the molecule is CCc1cccc(OCC(=O)Nc2ccc(O)cc2)c1. The van der Waals surface area contributed by atoms with Crippen LogP contribution in [0.1, 0.15) is 12.5 Å². The lowest BCUT2D eigenvalue weighted by Gasteiger charge is -2.08. The van der Waals surface area contributed by atoms with Crippen molar-refractivity contribution in [1.29, 1.82) is 0 Å². The summed E-state index contributed by atoms with van der Waals surface area (Å²) in [6.07, 6.45) is 0.927. The van der Waals surface area contributed by atoms with Crippen molar-refractivity contribution < 1.29 is 14.6 Å². The summed E-state index contributed by atoms with van der Waals surface area (Å²) in [5, 5.41) is 11.8. The van der Waals surface area contributed by atoms with Crippen molar-refractivity contribution >= 4 is 11.6 Å². The van der Waals surface area contributed by atoms with Gasteiger partial charge in [0.2, 0.25) is 0 Å². The molecule has 4 heteroatoms. The molecule has 0 aliphatic rings. The van der Waals surface area contributed by atoms with Gasteiger partial charge in [-0.1, -0.05) is 19.1 Å². The Bertz CT molecular complexity index is 579. The molecule has 20 heavy (non-hydrogen) atoms. The summed E-state index contributed by atoms with van der Waals surface area (Å²) in [6, 6.07) is 14.0. The molecule has 2 aromatic rings. The fraction of sp³-hybridized carbons (Fsp3) is 0.188. The van der Waals surface area contributed by atoms with Gasteiger partial charge in [0, 0.05) is 5.69 Å². The molecule has 2 N–H and O–H groups in total. The number of anilines is 1. The standard InChI is InChI=1S/C16H17NO3/c1-2-12-4-3-5-15(10-12)20-11-16(19)17-13-6-8-14(18)9-7-13/h3-10,18H,2,11H2,1H3,(H,17,19). The van der Waals surface area contributed by atoms with Crippen molar-refractivity contribution in [2.45, 2.75) is 13.3 Å². The fourth-order valence-electron chi connectivity index (χ4n) is 1.75. The van der Waals surface area contributed by atoms with Crippen LogP contribution in [0.25, 0.3) is 0 Å². The zero-order valence-electron chi connectivity index (χ0n) is 11.3. The Hall–Kier alpha value is -2.49. The molecule has 0 spiro atoms. The first-order chi connectivity index (χ1) is 9.67. The number of ether oxygens (including phenoxy) is 1. The molecule has 0 bridgehead atoms. The van der Waals surface area contributed by atoms with Crippen LogP contribution in [-0.2, 0) is 11.2 Å². The van der Waals surface area contributed by atoms with E-state index in [0.717, 1.165) is 6.42 Å². The molecule has 0 atom stereocenters. The van der Waals surface area contributed by atoms with E-state index in [4.69, 9.17) is 9.84 Å². The number of amides is 1. The number of carbonyl (C=O) groups is 1. The number of aryl methyl sites for hydroxylation is 1.